The van der Waals surface area contributed by atoms with Crippen LogP contribution in [0, 0.1) is 0 Å². The molecule has 0 aromatic carbocycles. The monoisotopic (exact) mass is 286 g/mol. The molecule has 0 unspecified atom stereocenters. The highest BCUT2D eigenvalue weighted by atomic mass is 16.6. The number of rotatable bonds is 10. The Bertz CT molecular complexity index is 249. The van der Waals surface area contributed by atoms with Crippen LogP contribution in [-0.4, -0.2) is 42.8 Å². The van der Waals surface area contributed by atoms with Crippen molar-refractivity contribution in [1.29, 1.82) is 0 Å². The number of hydrogen-bond donors (Lipinski definition) is 1. The van der Waals surface area contributed by atoms with E-state index in [1.807, 2.05) is 20.8 Å². The Kier molecular flexibility index (Phi) is 10.5. The first-order valence-electron chi connectivity index (χ1n) is 8.09. The molecule has 1 amide bonds. The second kappa shape index (κ2) is 11.0. The summed E-state index contributed by atoms with van der Waals surface area (Å²) < 4.78 is 5.42. The Morgan fingerprint density at radius 3 is 2.25 bits per heavy atom. The first kappa shape index (κ1) is 19.2. The number of nitrogens with one attached hydrogen (secondary N) is 1. The molecule has 0 heterocycles. The van der Waals surface area contributed by atoms with Gasteiger partial charge in [0.15, 0.2) is 0 Å². The van der Waals surface area contributed by atoms with Gasteiger partial charge in [0.25, 0.3) is 0 Å². The van der Waals surface area contributed by atoms with Crippen LogP contribution in [0.3, 0.4) is 0 Å². The van der Waals surface area contributed by atoms with Gasteiger partial charge in [-0.1, -0.05) is 33.1 Å². The standard InChI is InChI=1S/C16H34N2O2/c1-6-8-9-10-11-17-12-14-18(13-7-2)15(19)20-16(3,4)5/h17H,6-14H2,1-5H3. The van der Waals surface area contributed by atoms with Crippen molar-refractivity contribution in [3.63, 3.8) is 0 Å². The van der Waals surface area contributed by atoms with Gasteiger partial charge in [-0.05, 0) is 40.2 Å². The van der Waals surface area contributed by atoms with E-state index in [0.717, 1.165) is 32.6 Å². The molecule has 120 valence electrons. The van der Waals surface area contributed by atoms with Crippen molar-refractivity contribution in [2.75, 3.05) is 26.2 Å². The SMILES string of the molecule is CCCCCCNCCN(CCC)C(=O)OC(C)(C)C. The van der Waals surface area contributed by atoms with Crippen molar-refractivity contribution < 1.29 is 9.53 Å². The van der Waals surface area contributed by atoms with E-state index in [2.05, 4.69) is 19.2 Å². The van der Waals surface area contributed by atoms with Crippen molar-refractivity contribution >= 4 is 6.09 Å². The fraction of sp³-hybridized carbons (Fsp3) is 0.938. The summed E-state index contributed by atoms with van der Waals surface area (Å²) in [6.45, 7) is 13.4. The van der Waals surface area contributed by atoms with E-state index < -0.39 is 5.60 Å². The van der Waals surface area contributed by atoms with Crippen LogP contribution in [-0.2, 0) is 4.74 Å². The molecular formula is C16H34N2O2. The molecule has 0 aromatic rings. The third-order valence-corrected chi connectivity index (χ3v) is 2.91. The van der Waals surface area contributed by atoms with E-state index in [9.17, 15) is 4.79 Å². The number of unbranched alkanes of at least 4 members (excludes halogenated alkanes) is 3. The molecule has 0 atom stereocenters. The molecule has 4 heteroatoms. The summed E-state index contributed by atoms with van der Waals surface area (Å²) >= 11 is 0. The zero-order valence-corrected chi connectivity index (χ0v) is 14.1. The van der Waals surface area contributed by atoms with Crippen LogP contribution < -0.4 is 5.32 Å². The quantitative estimate of drug-likeness (QED) is 0.621. The molecule has 0 bridgehead atoms. The lowest BCUT2D eigenvalue weighted by Gasteiger charge is -2.27. The fourth-order valence-corrected chi connectivity index (χ4v) is 1.91. The fourth-order valence-electron chi connectivity index (χ4n) is 1.91. The number of nitrogens with zero attached hydrogens (tertiary/aromatic N) is 1. The molecule has 0 spiro atoms. The second-order valence-electron chi connectivity index (χ2n) is 6.28. The summed E-state index contributed by atoms with van der Waals surface area (Å²) in [7, 11) is 0. The van der Waals surface area contributed by atoms with Crippen molar-refractivity contribution in [3.8, 4) is 0 Å². The first-order chi connectivity index (χ1) is 9.40. The van der Waals surface area contributed by atoms with Gasteiger partial charge < -0.3 is 15.0 Å². The van der Waals surface area contributed by atoms with Gasteiger partial charge in [0.05, 0.1) is 0 Å². The van der Waals surface area contributed by atoms with E-state index in [4.69, 9.17) is 4.74 Å². The average molecular weight is 286 g/mol. The van der Waals surface area contributed by atoms with E-state index in [-0.39, 0.29) is 6.09 Å². The lowest BCUT2D eigenvalue weighted by molar-refractivity contribution is 0.0252. The number of amides is 1. The molecule has 1 N–H and O–H groups in total. The zero-order chi connectivity index (χ0) is 15.4. The summed E-state index contributed by atoms with van der Waals surface area (Å²) in [5, 5.41) is 3.40. The van der Waals surface area contributed by atoms with E-state index >= 15 is 0 Å². The number of carbonyl (C=O) groups is 1. The van der Waals surface area contributed by atoms with Crippen LogP contribution in [0.5, 0.6) is 0 Å². The molecule has 20 heavy (non-hydrogen) atoms. The molecule has 0 aliphatic heterocycles. The number of carbonyl (C=O) groups excluding carboxylic acids is 1. The van der Waals surface area contributed by atoms with Crippen LogP contribution in [0.15, 0.2) is 0 Å². The highest BCUT2D eigenvalue weighted by molar-refractivity contribution is 5.68. The Balaban J connectivity index is 3.88. The molecule has 4 nitrogen and oxygen atoms in total. The van der Waals surface area contributed by atoms with E-state index in [0.29, 0.717) is 0 Å². The first-order valence-corrected chi connectivity index (χ1v) is 8.09. The van der Waals surface area contributed by atoms with Gasteiger partial charge in [0, 0.05) is 19.6 Å². The molecule has 0 rings (SSSR count). The smallest absolute Gasteiger partial charge is 0.410 e. The molecular weight excluding hydrogens is 252 g/mol. The molecule has 0 aliphatic carbocycles. The van der Waals surface area contributed by atoms with Crippen LogP contribution in [0.4, 0.5) is 4.79 Å². The van der Waals surface area contributed by atoms with Crippen LogP contribution in [0.1, 0.15) is 66.7 Å². The third kappa shape index (κ3) is 11.1. The summed E-state index contributed by atoms with van der Waals surface area (Å²) in [6, 6.07) is 0. The van der Waals surface area contributed by atoms with Gasteiger partial charge in [-0.2, -0.15) is 0 Å². The number of hydrogen-bond acceptors (Lipinski definition) is 3. The Morgan fingerprint density at radius 1 is 1.00 bits per heavy atom. The largest absolute Gasteiger partial charge is 0.444 e. The van der Waals surface area contributed by atoms with Gasteiger partial charge in [0.2, 0.25) is 0 Å². The Morgan fingerprint density at radius 2 is 1.70 bits per heavy atom. The second-order valence-corrected chi connectivity index (χ2v) is 6.28. The Hall–Kier alpha value is -0.770. The van der Waals surface area contributed by atoms with Gasteiger partial charge >= 0.3 is 6.09 Å². The summed E-state index contributed by atoms with van der Waals surface area (Å²) in [6.07, 6.45) is 5.83. The topological polar surface area (TPSA) is 41.6 Å². The van der Waals surface area contributed by atoms with Gasteiger partial charge in [0.1, 0.15) is 5.60 Å². The Labute approximate surface area is 125 Å². The lowest BCUT2D eigenvalue weighted by Crippen LogP contribution is -2.41. The minimum atomic E-state index is -0.420. The number of ether oxygens (including phenoxy) is 1. The van der Waals surface area contributed by atoms with Crippen molar-refractivity contribution in [2.45, 2.75) is 72.3 Å². The van der Waals surface area contributed by atoms with Gasteiger partial charge in [-0.25, -0.2) is 4.79 Å². The molecule has 0 radical (unpaired) electrons. The van der Waals surface area contributed by atoms with E-state index in [1.54, 1.807) is 4.90 Å². The maximum Gasteiger partial charge on any atom is 0.410 e. The molecule has 0 aliphatic rings. The summed E-state index contributed by atoms with van der Waals surface area (Å²) in [5.74, 6) is 0. The highest BCUT2D eigenvalue weighted by Crippen LogP contribution is 2.10. The van der Waals surface area contributed by atoms with Crippen LogP contribution in [0.25, 0.3) is 0 Å². The predicted octanol–water partition coefficient (Wildman–Crippen LogP) is 3.80. The van der Waals surface area contributed by atoms with Crippen molar-refractivity contribution in [3.05, 3.63) is 0 Å². The highest BCUT2D eigenvalue weighted by Gasteiger charge is 2.21. The normalized spacial score (nSPS) is 11.4. The maximum absolute atomic E-state index is 12.0. The lowest BCUT2D eigenvalue weighted by atomic mass is 10.2. The molecule has 0 saturated carbocycles. The average Bonchev–Trinajstić information content (AvgIpc) is 2.34. The predicted molar refractivity (Wildman–Crippen MR) is 85.1 cm³/mol. The molecule has 0 aromatic heterocycles. The minimum absolute atomic E-state index is 0.202. The summed E-state index contributed by atoms with van der Waals surface area (Å²) in [4.78, 5) is 13.8. The van der Waals surface area contributed by atoms with Crippen LogP contribution >= 0.6 is 0 Å². The third-order valence-electron chi connectivity index (χ3n) is 2.91. The van der Waals surface area contributed by atoms with Crippen molar-refractivity contribution in [2.24, 2.45) is 0 Å². The van der Waals surface area contributed by atoms with Gasteiger partial charge in [-0.15, -0.1) is 0 Å². The zero-order valence-electron chi connectivity index (χ0n) is 14.1. The van der Waals surface area contributed by atoms with Gasteiger partial charge in [-0.3, -0.25) is 0 Å². The summed E-state index contributed by atoms with van der Waals surface area (Å²) in [5.41, 5.74) is -0.420. The maximum atomic E-state index is 12.0. The minimum Gasteiger partial charge on any atom is -0.444 e. The van der Waals surface area contributed by atoms with E-state index in [1.165, 1.54) is 25.7 Å². The molecule has 0 fully saturated rings. The molecule has 0 saturated heterocycles. The van der Waals surface area contributed by atoms with Crippen molar-refractivity contribution in [1.82, 2.24) is 10.2 Å². The van der Waals surface area contributed by atoms with Crippen LogP contribution in [0.2, 0.25) is 0 Å².